The Labute approximate surface area is 162 Å². The second kappa shape index (κ2) is 6.99. The second-order valence-corrected chi connectivity index (χ2v) is 7.95. The summed E-state index contributed by atoms with van der Waals surface area (Å²) >= 11 is 8.81. The highest BCUT2D eigenvalue weighted by Gasteiger charge is 2.17. The van der Waals surface area contributed by atoms with Gasteiger partial charge in [0.1, 0.15) is 16.4 Å². The van der Waals surface area contributed by atoms with E-state index >= 15 is 0 Å². The minimum atomic E-state index is -0.291. The molecule has 6 nitrogen and oxygen atoms in total. The first-order valence-corrected chi connectivity index (χ1v) is 9.65. The van der Waals surface area contributed by atoms with Gasteiger partial charge in [-0.2, -0.15) is 5.10 Å². The van der Waals surface area contributed by atoms with E-state index in [4.69, 9.17) is 11.6 Å². The lowest BCUT2D eigenvalue weighted by Crippen LogP contribution is -2.12. The maximum Gasteiger partial charge on any atom is 0.275 e. The lowest BCUT2D eigenvalue weighted by atomic mass is 10.2. The molecule has 0 aliphatic carbocycles. The summed E-state index contributed by atoms with van der Waals surface area (Å²) in [5.41, 5.74) is 2.24. The molecule has 130 valence electrons. The minimum absolute atomic E-state index is 0.291. The quantitative estimate of drug-likeness (QED) is 0.543. The van der Waals surface area contributed by atoms with Gasteiger partial charge in [0.05, 0.1) is 20.6 Å². The van der Waals surface area contributed by atoms with Crippen molar-refractivity contribution in [2.24, 2.45) is 7.05 Å². The van der Waals surface area contributed by atoms with Gasteiger partial charge in [0.2, 0.25) is 0 Å². The molecule has 26 heavy (non-hydrogen) atoms. The van der Waals surface area contributed by atoms with Crippen molar-refractivity contribution in [3.8, 4) is 21.3 Å². The van der Waals surface area contributed by atoms with Gasteiger partial charge in [-0.15, -0.1) is 22.7 Å². The summed E-state index contributed by atoms with van der Waals surface area (Å²) < 4.78 is 2.33. The Morgan fingerprint density at radius 3 is 2.88 bits per heavy atom. The molecule has 4 heterocycles. The number of thiazole rings is 1. The summed E-state index contributed by atoms with van der Waals surface area (Å²) in [6, 6.07) is 9.27. The summed E-state index contributed by atoms with van der Waals surface area (Å²) in [4.78, 5) is 22.3. The average Bonchev–Trinajstić information content (AvgIpc) is 3.35. The predicted octanol–water partition coefficient (Wildman–Crippen LogP) is 4.57. The fourth-order valence-corrected chi connectivity index (χ4v) is 4.29. The number of anilines is 1. The lowest BCUT2D eigenvalue weighted by Gasteiger charge is -2.03. The zero-order valence-electron chi connectivity index (χ0n) is 13.5. The molecule has 0 spiro atoms. The number of nitrogens with one attached hydrogen (secondary N) is 1. The number of hydrogen-bond donors (Lipinski definition) is 1. The molecule has 1 N–H and O–H groups in total. The Morgan fingerprint density at radius 2 is 2.15 bits per heavy atom. The number of aromatic nitrogens is 4. The molecule has 4 rings (SSSR count). The highest BCUT2D eigenvalue weighted by atomic mass is 35.5. The third kappa shape index (κ3) is 3.39. The van der Waals surface area contributed by atoms with Crippen molar-refractivity contribution in [2.45, 2.75) is 0 Å². The summed E-state index contributed by atoms with van der Waals surface area (Å²) in [6.45, 7) is 0. The third-order valence-corrected chi connectivity index (χ3v) is 5.75. The van der Waals surface area contributed by atoms with Gasteiger partial charge in [0.25, 0.3) is 5.91 Å². The number of aryl methyl sites for hydroxylation is 1. The molecule has 0 aliphatic heterocycles. The fraction of sp³-hybridized carbons (Fsp3) is 0.0588. The number of carbonyl (C=O) groups is 1. The van der Waals surface area contributed by atoms with Gasteiger partial charge in [-0.1, -0.05) is 17.7 Å². The SMILES string of the molecule is Cn1cc(NC(=O)c2csc(-c3ccc(Cl)s3)n2)c(-c2ccccn2)n1. The van der Waals surface area contributed by atoms with Gasteiger partial charge in [0, 0.05) is 24.8 Å². The van der Waals surface area contributed by atoms with E-state index in [0.717, 1.165) is 9.88 Å². The fourth-order valence-electron chi connectivity index (χ4n) is 2.38. The largest absolute Gasteiger partial charge is 0.317 e. The zero-order valence-corrected chi connectivity index (χ0v) is 15.9. The molecular weight excluding hydrogens is 390 g/mol. The molecule has 0 unspecified atom stereocenters. The van der Waals surface area contributed by atoms with Crippen LogP contribution in [0.5, 0.6) is 0 Å². The van der Waals surface area contributed by atoms with Gasteiger partial charge >= 0.3 is 0 Å². The maximum absolute atomic E-state index is 12.6. The van der Waals surface area contributed by atoms with E-state index in [1.54, 1.807) is 29.5 Å². The minimum Gasteiger partial charge on any atom is -0.317 e. The van der Waals surface area contributed by atoms with E-state index in [2.05, 4.69) is 20.4 Å². The monoisotopic (exact) mass is 401 g/mol. The molecule has 0 bridgehead atoms. The summed E-state index contributed by atoms with van der Waals surface area (Å²) in [7, 11) is 1.80. The van der Waals surface area contributed by atoms with Crippen LogP contribution in [0.25, 0.3) is 21.3 Å². The van der Waals surface area contributed by atoms with E-state index in [0.29, 0.717) is 27.1 Å². The third-order valence-electron chi connectivity index (χ3n) is 3.51. The average molecular weight is 402 g/mol. The van der Waals surface area contributed by atoms with Crippen LogP contribution in [-0.4, -0.2) is 25.7 Å². The number of hydrogen-bond acceptors (Lipinski definition) is 6. The van der Waals surface area contributed by atoms with Crippen LogP contribution in [-0.2, 0) is 7.05 Å². The zero-order chi connectivity index (χ0) is 18.1. The molecule has 0 radical (unpaired) electrons. The van der Waals surface area contributed by atoms with Crippen molar-refractivity contribution in [2.75, 3.05) is 5.32 Å². The van der Waals surface area contributed by atoms with Crippen molar-refractivity contribution in [1.29, 1.82) is 0 Å². The first-order valence-electron chi connectivity index (χ1n) is 7.58. The molecule has 0 saturated heterocycles. The maximum atomic E-state index is 12.6. The molecular formula is C17H12ClN5OS2. The first kappa shape index (κ1) is 16.9. The number of amides is 1. The van der Waals surface area contributed by atoms with Crippen LogP contribution in [0.4, 0.5) is 5.69 Å². The number of carbonyl (C=O) groups excluding carboxylic acids is 1. The molecule has 4 aromatic heterocycles. The van der Waals surface area contributed by atoms with Crippen molar-refractivity contribution in [3.63, 3.8) is 0 Å². The van der Waals surface area contributed by atoms with Gasteiger partial charge < -0.3 is 5.32 Å². The van der Waals surface area contributed by atoms with Crippen LogP contribution < -0.4 is 5.32 Å². The summed E-state index contributed by atoms with van der Waals surface area (Å²) in [6.07, 6.45) is 3.43. The molecule has 1 amide bonds. The van der Waals surface area contributed by atoms with Gasteiger partial charge in [-0.25, -0.2) is 4.98 Å². The van der Waals surface area contributed by atoms with Gasteiger partial charge in [0.15, 0.2) is 0 Å². The topological polar surface area (TPSA) is 72.7 Å². The van der Waals surface area contributed by atoms with Crippen LogP contribution in [0.15, 0.2) is 48.1 Å². The normalized spacial score (nSPS) is 10.8. The van der Waals surface area contributed by atoms with Gasteiger partial charge in [-0.3, -0.25) is 14.5 Å². The number of halogens is 1. The predicted molar refractivity (Wildman–Crippen MR) is 105 cm³/mol. The Morgan fingerprint density at radius 1 is 1.27 bits per heavy atom. The summed E-state index contributed by atoms with van der Waals surface area (Å²) in [5.74, 6) is -0.291. The van der Waals surface area contributed by atoms with Crippen molar-refractivity contribution >= 4 is 45.9 Å². The Balaban J connectivity index is 1.59. The number of rotatable bonds is 4. The van der Waals surface area contributed by atoms with E-state index < -0.39 is 0 Å². The van der Waals surface area contributed by atoms with Crippen molar-refractivity contribution < 1.29 is 4.79 Å². The Hall–Kier alpha value is -2.55. The molecule has 9 heteroatoms. The standard InChI is InChI=1S/C17H12ClN5OS2/c1-23-8-11(15(22-23)10-4-2-3-7-19-10)20-16(24)12-9-25-17(21-12)13-5-6-14(18)26-13/h2-9H,1H3,(H,20,24). The molecule has 0 aliphatic rings. The molecule has 0 aromatic carbocycles. The van der Waals surface area contributed by atoms with Crippen LogP contribution >= 0.6 is 34.3 Å². The highest BCUT2D eigenvalue weighted by Crippen LogP contribution is 2.33. The van der Waals surface area contributed by atoms with E-state index in [1.165, 1.54) is 22.7 Å². The number of nitrogens with zero attached hydrogens (tertiary/aromatic N) is 4. The Kier molecular flexibility index (Phi) is 4.54. The smallest absolute Gasteiger partial charge is 0.275 e. The molecule has 0 atom stereocenters. The highest BCUT2D eigenvalue weighted by molar-refractivity contribution is 7.23. The molecule has 0 saturated carbocycles. The van der Waals surface area contributed by atoms with Crippen molar-refractivity contribution in [3.05, 3.63) is 58.1 Å². The molecule has 4 aromatic rings. The number of thiophene rings is 1. The number of pyridine rings is 1. The lowest BCUT2D eigenvalue weighted by molar-refractivity contribution is 0.102. The van der Waals surface area contributed by atoms with E-state index in [-0.39, 0.29) is 5.91 Å². The van der Waals surface area contributed by atoms with Crippen LogP contribution in [0, 0.1) is 0 Å². The van der Waals surface area contributed by atoms with Crippen LogP contribution in [0.1, 0.15) is 10.5 Å². The van der Waals surface area contributed by atoms with E-state index in [1.807, 2.05) is 30.3 Å². The first-order chi connectivity index (χ1) is 12.6. The van der Waals surface area contributed by atoms with Crippen molar-refractivity contribution in [1.82, 2.24) is 19.7 Å². The van der Waals surface area contributed by atoms with Crippen LogP contribution in [0.3, 0.4) is 0 Å². The van der Waals surface area contributed by atoms with Crippen LogP contribution in [0.2, 0.25) is 4.34 Å². The second-order valence-electron chi connectivity index (χ2n) is 5.38. The summed E-state index contributed by atoms with van der Waals surface area (Å²) in [5, 5.41) is 9.77. The Bertz CT molecular complexity index is 1070. The van der Waals surface area contributed by atoms with E-state index in [9.17, 15) is 4.79 Å². The van der Waals surface area contributed by atoms with Gasteiger partial charge in [-0.05, 0) is 24.3 Å². The molecule has 0 fully saturated rings.